The molecule has 0 aliphatic heterocycles. The predicted octanol–water partition coefficient (Wildman–Crippen LogP) is -0.767. The molecule has 0 spiro atoms. The average molecular weight is 293 g/mol. The van der Waals surface area contributed by atoms with Gasteiger partial charge >= 0.3 is 0 Å². The molecule has 0 saturated carbocycles. The molecule has 3 N–H and O–H groups in total. The molecular formula is C10H19N3O5S. The van der Waals surface area contributed by atoms with E-state index in [4.69, 9.17) is 14.6 Å². The summed E-state index contributed by atoms with van der Waals surface area (Å²) in [5.74, 6) is 0. The first-order chi connectivity index (χ1) is 9.11. The minimum Gasteiger partial charge on any atom is -0.392 e. The first-order valence-corrected chi connectivity index (χ1v) is 7.29. The van der Waals surface area contributed by atoms with Gasteiger partial charge in [0.25, 0.3) is 10.0 Å². The summed E-state index contributed by atoms with van der Waals surface area (Å²) in [7, 11) is -2.08. The zero-order valence-electron chi connectivity index (χ0n) is 10.8. The monoisotopic (exact) mass is 293 g/mol. The van der Waals surface area contributed by atoms with Crippen LogP contribution in [0.5, 0.6) is 0 Å². The molecule has 19 heavy (non-hydrogen) atoms. The Morgan fingerprint density at radius 2 is 2.21 bits per heavy atom. The minimum absolute atomic E-state index is 0.102. The van der Waals surface area contributed by atoms with Gasteiger partial charge in [0.15, 0.2) is 5.03 Å². The lowest BCUT2D eigenvalue weighted by molar-refractivity contribution is 0.0699. The SMILES string of the molecule is COCCOCCCNS(=O)(=O)c1[nH]ncc1CO. The summed E-state index contributed by atoms with van der Waals surface area (Å²) >= 11 is 0. The average Bonchev–Trinajstić information content (AvgIpc) is 2.87. The van der Waals surface area contributed by atoms with E-state index >= 15 is 0 Å². The molecular weight excluding hydrogens is 274 g/mol. The second-order valence-electron chi connectivity index (χ2n) is 3.74. The maximum atomic E-state index is 11.9. The van der Waals surface area contributed by atoms with E-state index in [-0.39, 0.29) is 23.7 Å². The topological polar surface area (TPSA) is 114 Å². The van der Waals surface area contributed by atoms with Gasteiger partial charge in [-0.2, -0.15) is 5.10 Å². The molecule has 0 fully saturated rings. The normalized spacial score (nSPS) is 11.9. The fourth-order valence-electron chi connectivity index (χ4n) is 1.34. The highest BCUT2D eigenvalue weighted by Crippen LogP contribution is 2.10. The van der Waals surface area contributed by atoms with E-state index in [0.29, 0.717) is 26.2 Å². The Morgan fingerprint density at radius 1 is 1.42 bits per heavy atom. The lowest BCUT2D eigenvalue weighted by atomic mass is 10.4. The van der Waals surface area contributed by atoms with Gasteiger partial charge in [0.05, 0.1) is 26.0 Å². The third kappa shape index (κ3) is 5.25. The molecule has 1 aromatic heterocycles. The molecule has 0 unspecified atom stereocenters. The molecule has 1 aromatic rings. The quantitative estimate of drug-likeness (QED) is 0.488. The van der Waals surface area contributed by atoms with Crippen molar-refractivity contribution < 1.29 is 23.0 Å². The fourth-order valence-corrected chi connectivity index (χ4v) is 2.53. The van der Waals surface area contributed by atoms with Crippen molar-refractivity contribution in [2.24, 2.45) is 0 Å². The highest BCUT2D eigenvalue weighted by molar-refractivity contribution is 7.89. The van der Waals surface area contributed by atoms with Crippen LogP contribution < -0.4 is 4.72 Å². The molecule has 0 aliphatic rings. The Kier molecular flexibility index (Phi) is 6.95. The number of aromatic amines is 1. The van der Waals surface area contributed by atoms with Crippen LogP contribution in [-0.4, -0.2) is 57.2 Å². The Morgan fingerprint density at radius 3 is 2.89 bits per heavy atom. The first-order valence-electron chi connectivity index (χ1n) is 5.81. The van der Waals surface area contributed by atoms with Crippen molar-refractivity contribution in [3.05, 3.63) is 11.8 Å². The van der Waals surface area contributed by atoms with Crippen LogP contribution in [0.4, 0.5) is 0 Å². The van der Waals surface area contributed by atoms with Crippen LogP contribution in [-0.2, 0) is 26.1 Å². The van der Waals surface area contributed by atoms with Gasteiger partial charge in [-0.05, 0) is 6.42 Å². The van der Waals surface area contributed by atoms with Crippen molar-refractivity contribution in [3.8, 4) is 0 Å². The summed E-state index contributed by atoms with van der Waals surface area (Å²) in [5, 5.41) is 14.8. The molecule has 1 heterocycles. The molecule has 0 atom stereocenters. The van der Waals surface area contributed by atoms with Crippen LogP contribution in [0.1, 0.15) is 12.0 Å². The second-order valence-corrected chi connectivity index (χ2v) is 5.44. The maximum Gasteiger partial charge on any atom is 0.257 e. The standard InChI is InChI=1S/C10H19N3O5S/c1-17-5-6-18-4-2-3-12-19(15,16)10-9(8-14)7-11-13-10/h7,12,14H,2-6,8H2,1H3,(H,11,13). The van der Waals surface area contributed by atoms with Gasteiger partial charge in [-0.25, -0.2) is 13.1 Å². The van der Waals surface area contributed by atoms with Gasteiger partial charge < -0.3 is 14.6 Å². The van der Waals surface area contributed by atoms with Gasteiger partial charge in [0.1, 0.15) is 0 Å². The van der Waals surface area contributed by atoms with E-state index in [1.807, 2.05) is 0 Å². The molecule has 0 aromatic carbocycles. The highest BCUT2D eigenvalue weighted by Gasteiger charge is 2.19. The van der Waals surface area contributed by atoms with E-state index < -0.39 is 10.0 Å². The number of hydrogen-bond donors (Lipinski definition) is 3. The number of rotatable bonds is 10. The Bertz CT molecular complexity index is 459. The van der Waals surface area contributed by atoms with E-state index in [1.165, 1.54) is 6.20 Å². The van der Waals surface area contributed by atoms with Gasteiger partial charge in [-0.1, -0.05) is 0 Å². The van der Waals surface area contributed by atoms with E-state index in [0.717, 1.165) is 0 Å². The Labute approximate surface area is 112 Å². The number of nitrogens with one attached hydrogen (secondary N) is 2. The van der Waals surface area contributed by atoms with Crippen LogP contribution in [0.2, 0.25) is 0 Å². The fraction of sp³-hybridized carbons (Fsp3) is 0.700. The molecule has 8 nitrogen and oxygen atoms in total. The van der Waals surface area contributed by atoms with Crippen molar-refractivity contribution in [1.29, 1.82) is 0 Å². The summed E-state index contributed by atoms with van der Waals surface area (Å²) < 4.78 is 36.1. The van der Waals surface area contributed by atoms with Crippen LogP contribution in [0.3, 0.4) is 0 Å². The van der Waals surface area contributed by atoms with Crippen molar-refractivity contribution in [3.63, 3.8) is 0 Å². The van der Waals surface area contributed by atoms with Crippen molar-refractivity contribution >= 4 is 10.0 Å². The molecule has 0 saturated heterocycles. The summed E-state index contributed by atoms with van der Waals surface area (Å²) in [6.07, 6.45) is 1.83. The summed E-state index contributed by atoms with van der Waals surface area (Å²) in [6.45, 7) is 1.31. The summed E-state index contributed by atoms with van der Waals surface area (Å²) in [6, 6.07) is 0. The minimum atomic E-state index is -3.67. The number of sulfonamides is 1. The van der Waals surface area contributed by atoms with Crippen LogP contribution in [0.15, 0.2) is 11.2 Å². The number of aliphatic hydroxyl groups is 1. The van der Waals surface area contributed by atoms with Gasteiger partial charge in [0.2, 0.25) is 0 Å². The van der Waals surface area contributed by atoms with Crippen molar-refractivity contribution in [2.75, 3.05) is 33.5 Å². The Balaban J connectivity index is 2.32. The van der Waals surface area contributed by atoms with Gasteiger partial charge in [-0.15, -0.1) is 0 Å². The van der Waals surface area contributed by atoms with Gasteiger partial charge in [0, 0.05) is 25.8 Å². The van der Waals surface area contributed by atoms with E-state index in [2.05, 4.69) is 14.9 Å². The van der Waals surface area contributed by atoms with Gasteiger partial charge in [-0.3, -0.25) is 5.10 Å². The number of methoxy groups -OCH3 is 1. The lowest BCUT2D eigenvalue weighted by Crippen LogP contribution is -2.27. The molecule has 0 radical (unpaired) electrons. The van der Waals surface area contributed by atoms with Crippen LogP contribution in [0.25, 0.3) is 0 Å². The van der Waals surface area contributed by atoms with E-state index in [9.17, 15) is 8.42 Å². The Hall–Kier alpha value is -1.00. The lowest BCUT2D eigenvalue weighted by Gasteiger charge is -2.06. The van der Waals surface area contributed by atoms with E-state index in [1.54, 1.807) is 7.11 Å². The number of nitrogens with zero attached hydrogens (tertiary/aromatic N) is 1. The molecule has 1 rings (SSSR count). The smallest absolute Gasteiger partial charge is 0.257 e. The largest absolute Gasteiger partial charge is 0.392 e. The molecule has 9 heteroatoms. The van der Waals surface area contributed by atoms with Crippen molar-refractivity contribution in [1.82, 2.24) is 14.9 Å². The van der Waals surface area contributed by atoms with Crippen LogP contribution in [0, 0.1) is 0 Å². The number of H-pyrrole nitrogens is 1. The van der Waals surface area contributed by atoms with Crippen LogP contribution >= 0.6 is 0 Å². The highest BCUT2D eigenvalue weighted by atomic mass is 32.2. The maximum absolute atomic E-state index is 11.9. The molecule has 0 amide bonds. The number of aromatic nitrogens is 2. The number of hydrogen-bond acceptors (Lipinski definition) is 6. The zero-order valence-corrected chi connectivity index (χ0v) is 11.6. The molecule has 0 bridgehead atoms. The number of aliphatic hydroxyl groups excluding tert-OH is 1. The summed E-state index contributed by atoms with van der Waals surface area (Å²) in [5.41, 5.74) is 0.240. The first kappa shape index (κ1) is 16.1. The predicted molar refractivity (Wildman–Crippen MR) is 67.0 cm³/mol. The molecule has 110 valence electrons. The third-order valence-corrected chi connectivity index (χ3v) is 3.78. The summed E-state index contributed by atoms with van der Waals surface area (Å²) in [4.78, 5) is 0. The zero-order chi connectivity index (χ0) is 14.1. The third-order valence-electron chi connectivity index (χ3n) is 2.31. The molecule has 0 aliphatic carbocycles. The second kappa shape index (κ2) is 8.23. The van der Waals surface area contributed by atoms with Crippen molar-refractivity contribution in [2.45, 2.75) is 18.1 Å². The number of ether oxygens (including phenoxy) is 2.